The molecule has 4 N–H and O–H groups in total. The smallest absolute Gasteiger partial charge is 0.309 e. The summed E-state index contributed by atoms with van der Waals surface area (Å²) in [7, 11) is 0. The standard InChI is InChI=1S/C20H24ClNO3/c1-20(9-10-23,19(24)25)13-18(22)11-14-5-7-15(8-6-14)16-3-2-4-17(21)12-16/h2-8,12,18,23H,9-11,13,22H2,1H3,(H,24,25)/t18-,20?/m1/s1. The first-order valence-electron chi connectivity index (χ1n) is 8.29. The molecule has 2 atom stereocenters. The van der Waals surface area contributed by atoms with E-state index in [1.807, 2.05) is 48.5 Å². The number of carbonyl (C=O) groups is 1. The SMILES string of the molecule is CC(CCO)(C[C@H](N)Cc1ccc(-c2cccc(Cl)c2)cc1)C(=O)O. The van der Waals surface area contributed by atoms with Crippen molar-refractivity contribution < 1.29 is 15.0 Å². The van der Waals surface area contributed by atoms with Crippen LogP contribution in [0, 0.1) is 5.41 Å². The normalized spacial score (nSPS) is 14.7. The molecule has 5 heteroatoms. The molecule has 0 aliphatic carbocycles. The zero-order chi connectivity index (χ0) is 18.4. The quantitative estimate of drug-likeness (QED) is 0.668. The van der Waals surface area contributed by atoms with Gasteiger partial charge in [0.25, 0.3) is 0 Å². The fourth-order valence-electron chi connectivity index (χ4n) is 3.00. The third-order valence-electron chi connectivity index (χ3n) is 4.50. The molecule has 2 rings (SSSR count). The van der Waals surface area contributed by atoms with Crippen LogP contribution in [0.5, 0.6) is 0 Å². The first kappa shape index (κ1) is 19.4. The molecule has 0 aliphatic heterocycles. The predicted octanol–water partition coefficient (Wildman–Crippen LogP) is 3.74. The van der Waals surface area contributed by atoms with Gasteiger partial charge >= 0.3 is 5.97 Å². The van der Waals surface area contributed by atoms with Gasteiger partial charge in [-0.05, 0) is 55.0 Å². The molecule has 0 amide bonds. The maximum absolute atomic E-state index is 11.5. The number of rotatable bonds is 8. The van der Waals surface area contributed by atoms with Crippen LogP contribution in [0.3, 0.4) is 0 Å². The highest BCUT2D eigenvalue weighted by Gasteiger charge is 2.34. The number of carboxylic acids is 1. The predicted molar refractivity (Wildman–Crippen MR) is 101 cm³/mol. The van der Waals surface area contributed by atoms with Crippen LogP contribution in [0.4, 0.5) is 0 Å². The average Bonchev–Trinajstić information content (AvgIpc) is 2.55. The Balaban J connectivity index is 2.04. The number of aliphatic hydroxyl groups is 1. The summed E-state index contributed by atoms with van der Waals surface area (Å²) in [5.41, 5.74) is 8.32. The molecule has 0 saturated carbocycles. The van der Waals surface area contributed by atoms with Gasteiger partial charge in [-0.2, -0.15) is 0 Å². The topological polar surface area (TPSA) is 83.5 Å². The van der Waals surface area contributed by atoms with Gasteiger partial charge in [-0.1, -0.05) is 48.0 Å². The highest BCUT2D eigenvalue weighted by molar-refractivity contribution is 6.30. The lowest BCUT2D eigenvalue weighted by Gasteiger charge is -2.27. The van der Waals surface area contributed by atoms with E-state index in [1.165, 1.54) is 0 Å². The largest absolute Gasteiger partial charge is 0.481 e. The van der Waals surface area contributed by atoms with Crippen LogP contribution in [0.15, 0.2) is 48.5 Å². The Morgan fingerprint density at radius 2 is 1.88 bits per heavy atom. The molecule has 0 radical (unpaired) electrons. The molecule has 0 fully saturated rings. The Bertz CT molecular complexity index is 717. The van der Waals surface area contributed by atoms with Crippen molar-refractivity contribution in [2.24, 2.45) is 11.1 Å². The monoisotopic (exact) mass is 361 g/mol. The van der Waals surface area contributed by atoms with Crippen LogP contribution in [0.2, 0.25) is 5.02 Å². The zero-order valence-electron chi connectivity index (χ0n) is 14.3. The number of hydrogen-bond acceptors (Lipinski definition) is 3. The van der Waals surface area contributed by atoms with Crippen LogP contribution in [0.25, 0.3) is 11.1 Å². The lowest BCUT2D eigenvalue weighted by molar-refractivity contribution is -0.149. The number of benzene rings is 2. The second kappa shape index (κ2) is 8.48. The fourth-order valence-corrected chi connectivity index (χ4v) is 3.19. The highest BCUT2D eigenvalue weighted by Crippen LogP contribution is 2.29. The molecule has 4 nitrogen and oxygen atoms in total. The molecular weight excluding hydrogens is 338 g/mol. The van der Waals surface area contributed by atoms with Crippen molar-refractivity contribution in [2.45, 2.75) is 32.2 Å². The molecule has 0 spiro atoms. The van der Waals surface area contributed by atoms with Crippen molar-refractivity contribution in [3.05, 3.63) is 59.1 Å². The van der Waals surface area contributed by atoms with Crippen molar-refractivity contribution >= 4 is 17.6 Å². The Kier molecular flexibility index (Phi) is 6.59. The first-order chi connectivity index (χ1) is 11.8. The Labute approximate surface area is 153 Å². The number of aliphatic hydroxyl groups excluding tert-OH is 1. The van der Waals surface area contributed by atoms with Gasteiger partial charge in [-0.3, -0.25) is 4.79 Å². The molecular formula is C20H24ClNO3. The Morgan fingerprint density at radius 1 is 1.20 bits per heavy atom. The Hall–Kier alpha value is -1.88. The third kappa shape index (κ3) is 5.30. The summed E-state index contributed by atoms with van der Waals surface area (Å²) in [6.45, 7) is 1.47. The number of nitrogens with two attached hydrogens (primary N) is 1. The molecule has 0 aliphatic rings. The lowest BCUT2D eigenvalue weighted by Crippen LogP contribution is -2.37. The number of halogens is 1. The van der Waals surface area contributed by atoms with Crippen molar-refractivity contribution in [1.82, 2.24) is 0 Å². The fraction of sp³-hybridized carbons (Fsp3) is 0.350. The second-order valence-corrected chi connectivity index (χ2v) is 7.15. The van der Waals surface area contributed by atoms with E-state index in [2.05, 4.69) is 0 Å². The summed E-state index contributed by atoms with van der Waals surface area (Å²) in [6, 6.07) is 15.4. The van der Waals surface area contributed by atoms with Gasteiger partial charge in [-0.15, -0.1) is 0 Å². The van der Waals surface area contributed by atoms with Crippen LogP contribution < -0.4 is 5.73 Å². The molecule has 2 aromatic rings. The average molecular weight is 362 g/mol. The summed E-state index contributed by atoms with van der Waals surface area (Å²) in [6.07, 6.45) is 1.10. The molecule has 0 saturated heterocycles. The molecule has 0 aromatic heterocycles. The summed E-state index contributed by atoms with van der Waals surface area (Å²) < 4.78 is 0. The van der Waals surface area contributed by atoms with E-state index in [0.717, 1.165) is 16.7 Å². The molecule has 0 bridgehead atoms. The number of hydrogen-bond donors (Lipinski definition) is 3. The van der Waals surface area contributed by atoms with E-state index in [-0.39, 0.29) is 19.1 Å². The minimum Gasteiger partial charge on any atom is -0.481 e. The van der Waals surface area contributed by atoms with Gasteiger partial charge in [0, 0.05) is 17.7 Å². The molecule has 25 heavy (non-hydrogen) atoms. The van der Waals surface area contributed by atoms with E-state index in [1.54, 1.807) is 6.92 Å². The van der Waals surface area contributed by atoms with E-state index in [0.29, 0.717) is 17.9 Å². The minimum atomic E-state index is -1.01. The van der Waals surface area contributed by atoms with Crippen molar-refractivity contribution in [3.8, 4) is 11.1 Å². The van der Waals surface area contributed by atoms with Crippen molar-refractivity contribution in [1.29, 1.82) is 0 Å². The van der Waals surface area contributed by atoms with E-state index in [9.17, 15) is 9.90 Å². The Morgan fingerprint density at radius 3 is 2.44 bits per heavy atom. The maximum atomic E-state index is 11.5. The van der Waals surface area contributed by atoms with Crippen LogP contribution in [-0.4, -0.2) is 28.8 Å². The molecule has 0 heterocycles. The van der Waals surface area contributed by atoms with Gasteiger partial charge in [0.15, 0.2) is 0 Å². The third-order valence-corrected chi connectivity index (χ3v) is 4.74. The summed E-state index contributed by atoms with van der Waals surface area (Å²) in [5, 5.41) is 19.2. The number of aliphatic carboxylic acids is 1. The first-order valence-corrected chi connectivity index (χ1v) is 8.66. The molecule has 2 aromatic carbocycles. The van der Waals surface area contributed by atoms with Crippen LogP contribution in [-0.2, 0) is 11.2 Å². The molecule has 134 valence electrons. The van der Waals surface area contributed by atoms with E-state index >= 15 is 0 Å². The number of carboxylic acid groups (broad SMARTS) is 1. The maximum Gasteiger partial charge on any atom is 0.309 e. The van der Waals surface area contributed by atoms with E-state index < -0.39 is 11.4 Å². The second-order valence-electron chi connectivity index (χ2n) is 6.72. The van der Waals surface area contributed by atoms with Crippen LogP contribution in [0.1, 0.15) is 25.3 Å². The van der Waals surface area contributed by atoms with E-state index in [4.69, 9.17) is 22.4 Å². The van der Waals surface area contributed by atoms with Crippen molar-refractivity contribution in [2.75, 3.05) is 6.61 Å². The van der Waals surface area contributed by atoms with Gasteiger partial charge in [0.05, 0.1) is 5.41 Å². The lowest BCUT2D eigenvalue weighted by atomic mass is 9.79. The van der Waals surface area contributed by atoms with Gasteiger partial charge in [0.1, 0.15) is 0 Å². The minimum absolute atomic E-state index is 0.163. The summed E-state index contributed by atoms with van der Waals surface area (Å²) >= 11 is 6.03. The summed E-state index contributed by atoms with van der Waals surface area (Å²) in [5.74, 6) is -0.923. The summed E-state index contributed by atoms with van der Waals surface area (Å²) in [4.78, 5) is 11.5. The van der Waals surface area contributed by atoms with Crippen molar-refractivity contribution in [3.63, 3.8) is 0 Å². The van der Waals surface area contributed by atoms with Gasteiger partial charge in [0.2, 0.25) is 0 Å². The highest BCUT2D eigenvalue weighted by atomic mass is 35.5. The van der Waals surface area contributed by atoms with Gasteiger partial charge < -0.3 is 15.9 Å². The zero-order valence-corrected chi connectivity index (χ0v) is 15.0. The van der Waals surface area contributed by atoms with Gasteiger partial charge in [-0.25, -0.2) is 0 Å². The molecule has 1 unspecified atom stereocenters. The van der Waals surface area contributed by atoms with Crippen LogP contribution >= 0.6 is 11.6 Å².